The average Bonchev–Trinajstić information content (AvgIpc) is 2.90. The Balaban J connectivity index is 2.04. The number of hydrogen-bond donors (Lipinski definition) is 2. The number of hydrogen-bond acceptors (Lipinski definition) is 4. The molecular formula is C13H16N2O2S. The summed E-state index contributed by atoms with van der Waals surface area (Å²) in [5.41, 5.74) is 3.02. The van der Waals surface area contributed by atoms with E-state index in [0.717, 1.165) is 17.7 Å². The van der Waals surface area contributed by atoms with E-state index < -0.39 is 15.2 Å². The highest BCUT2D eigenvalue weighted by Crippen LogP contribution is 2.28. The third kappa shape index (κ3) is 1.70. The van der Waals surface area contributed by atoms with Crippen molar-refractivity contribution in [1.82, 2.24) is 10.6 Å². The van der Waals surface area contributed by atoms with E-state index in [-0.39, 0.29) is 0 Å². The molecule has 2 aliphatic rings. The van der Waals surface area contributed by atoms with Crippen LogP contribution in [0.5, 0.6) is 0 Å². The van der Waals surface area contributed by atoms with Gasteiger partial charge in [0.2, 0.25) is 0 Å². The van der Waals surface area contributed by atoms with Gasteiger partial charge in [0.15, 0.2) is 9.84 Å². The fraction of sp³-hybridized carbons (Fsp3) is 0.385. The molecule has 0 bridgehead atoms. The van der Waals surface area contributed by atoms with E-state index >= 15 is 0 Å². The average molecular weight is 264 g/mol. The van der Waals surface area contributed by atoms with Gasteiger partial charge in [-0.05, 0) is 29.7 Å². The molecule has 4 nitrogen and oxygen atoms in total. The van der Waals surface area contributed by atoms with Gasteiger partial charge in [-0.2, -0.15) is 0 Å². The fourth-order valence-corrected chi connectivity index (χ4v) is 4.65. The number of sulfone groups is 1. The van der Waals surface area contributed by atoms with Gasteiger partial charge in [-0.1, -0.05) is 18.2 Å². The van der Waals surface area contributed by atoms with Crippen molar-refractivity contribution >= 4 is 9.84 Å². The topological polar surface area (TPSA) is 58.2 Å². The predicted octanol–water partition coefficient (Wildman–Crippen LogP) is 0.598. The van der Waals surface area contributed by atoms with Crippen LogP contribution in [-0.4, -0.2) is 33.4 Å². The van der Waals surface area contributed by atoms with Crippen LogP contribution in [0.3, 0.4) is 0 Å². The summed E-state index contributed by atoms with van der Waals surface area (Å²) in [6.45, 7) is 4.00. The Labute approximate surface area is 107 Å². The summed E-state index contributed by atoms with van der Waals surface area (Å²) in [6.07, 6.45) is 0. The smallest absolute Gasteiger partial charge is 0.198 e. The number of nitrogens with one attached hydrogen (secondary N) is 2. The van der Waals surface area contributed by atoms with Gasteiger partial charge in [0, 0.05) is 19.6 Å². The molecule has 0 saturated heterocycles. The van der Waals surface area contributed by atoms with Gasteiger partial charge in [-0.25, -0.2) is 8.42 Å². The van der Waals surface area contributed by atoms with Crippen LogP contribution >= 0.6 is 0 Å². The van der Waals surface area contributed by atoms with E-state index in [1.54, 1.807) is 12.1 Å². The Morgan fingerprint density at radius 2 is 1.94 bits per heavy atom. The maximum absolute atomic E-state index is 12.7. The van der Waals surface area contributed by atoms with Crippen LogP contribution in [0.4, 0.5) is 0 Å². The van der Waals surface area contributed by atoms with Crippen molar-refractivity contribution in [2.75, 3.05) is 19.6 Å². The molecule has 0 fully saturated rings. The second-order valence-electron chi connectivity index (χ2n) is 4.80. The Bertz CT molecular complexity index is 620. The quantitative estimate of drug-likeness (QED) is 0.768. The van der Waals surface area contributed by atoms with E-state index in [1.807, 2.05) is 19.1 Å². The summed E-state index contributed by atoms with van der Waals surface area (Å²) in [7, 11) is -3.33. The van der Waals surface area contributed by atoms with E-state index in [0.29, 0.717) is 18.0 Å². The molecule has 0 spiro atoms. The molecule has 18 heavy (non-hydrogen) atoms. The summed E-state index contributed by atoms with van der Waals surface area (Å²) in [5, 5.41) is 5.78. The highest BCUT2D eigenvalue weighted by molar-refractivity contribution is 7.92. The maximum Gasteiger partial charge on any atom is 0.198 e. The molecule has 0 radical (unpaired) electrons. The van der Waals surface area contributed by atoms with Crippen LogP contribution in [0.1, 0.15) is 5.56 Å². The van der Waals surface area contributed by atoms with Crippen LogP contribution in [-0.2, 0) is 9.84 Å². The van der Waals surface area contributed by atoms with Gasteiger partial charge in [-0.15, -0.1) is 0 Å². The summed E-state index contributed by atoms with van der Waals surface area (Å²) in [6, 6.07) is 7.16. The molecule has 0 aliphatic carbocycles. The first-order chi connectivity index (χ1) is 8.60. The Morgan fingerprint density at radius 1 is 1.17 bits per heavy atom. The lowest BCUT2D eigenvalue weighted by molar-refractivity contribution is 0.573. The molecule has 1 atom stereocenters. The number of rotatable bonds is 2. The van der Waals surface area contributed by atoms with Crippen LogP contribution in [0.2, 0.25) is 0 Å². The van der Waals surface area contributed by atoms with E-state index in [1.165, 1.54) is 5.57 Å². The summed E-state index contributed by atoms with van der Waals surface area (Å²) >= 11 is 0. The molecule has 2 heterocycles. The normalized spacial score (nSPS) is 23.5. The third-order valence-corrected chi connectivity index (χ3v) is 5.78. The monoisotopic (exact) mass is 264 g/mol. The van der Waals surface area contributed by atoms with Crippen LogP contribution in [0.25, 0.3) is 0 Å². The van der Waals surface area contributed by atoms with Crippen molar-refractivity contribution in [2.45, 2.75) is 17.2 Å². The van der Waals surface area contributed by atoms with Crippen molar-refractivity contribution in [3.05, 3.63) is 41.0 Å². The molecule has 3 rings (SSSR count). The highest BCUT2D eigenvalue weighted by atomic mass is 32.2. The maximum atomic E-state index is 12.7. The largest absolute Gasteiger partial charge is 0.309 e. The molecule has 1 aromatic rings. The molecule has 2 aliphatic heterocycles. The number of aryl methyl sites for hydroxylation is 1. The lowest BCUT2D eigenvalue weighted by atomic mass is 10.2. The van der Waals surface area contributed by atoms with Gasteiger partial charge in [0.05, 0.1) is 4.90 Å². The fourth-order valence-electron chi connectivity index (χ4n) is 2.68. The Morgan fingerprint density at radius 3 is 2.72 bits per heavy atom. The van der Waals surface area contributed by atoms with Gasteiger partial charge in [-0.3, -0.25) is 5.32 Å². The SMILES string of the molecule is Cc1ccccc1S(=O)(=O)C1NCC2=C1CNC2. The molecule has 96 valence electrons. The first-order valence-corrected chi connectivity index (χ1v) is 7.60. The second-order valence-corrected chi connectivity index (χ2v) is 6.81. The van der Waals surface area contributed by atoms with Crippen molar-refractivity contribution in [1.29, 1.82) is 0 Å². The molecule has 2 N–H and O–H groups in total. The minimum Gasteiger partial charge on any atom is -0.309 e. The van der Waals surface area contributed by atoms with Crippen molar-refractivity contribution in [3.63, 3.8) is 0 Å². The summed E-state index contributed by atoms with van der Waals surface area (Å²) < 4.78 is 25.3. The van der Waals surface area contributed by atoms with Crippen molar-refractivity contribution < 1.29 is 8.42 Å². The molecular weight excluding hydrogens is 248 g/mol. The minimum absolute atomic E-state index is 0.433. The molecule has 5 heteroatoms. The highest BCUT2D eigenvalue weighted by Gasteiger charge is 2.38. The Hall–Kier alpha value is -1.17. The molecule has 1 aromatic carbocycles. The molecule has 0 saturated carbocycles. The zero-order valence-electron chi connectivity index (χ0n) is 10.2. The first-order valence-electron chi connectivity index (χ1n) is 6.05. The van der Waals surface area contributed by atoms with E-state index in [4.69, 9.17) is 0 Å². The lowest BCUT2D eigenvalue weighted by Crippen LogP contribution is -2.37. The van der Waals surface area contributed by atoms with Gasteiger partial charge in [0.25, 0.3) is 0 Å². The van der Waals surface area contributed by atoms with Gasteiger partial charge >= 0.3 is 0 Å². The lowest BCUT2D eigenvalue weighted by Gasteiger charge is -2.17. The zero-order valence-corrected chi connectivity index (χ0v) is 11.0. The second kappa shape index (κ2) is 4.19. The first kappa shape index (κ1) is 11.9. The summed E-state index contributed by atoms with van der Waals surface area (Å²) in [4.78, 5) is 0.433. The molecule has 0 amide bonds. The summed E-state index contributed by atoms with van der Waals surface area (Å²) in [5.74, 6) is 0. The Kier molecular flexibility index (Phi) is 2.77. The minimum atomic E-state index is -3.33. The standard InChI is InChI=1S/C13H16N2O2S/c1-9-4-2-3-5-12(9)18(16,17)13-11-8-14-6-10(11)7-15-13/h2-5,13-15H,6-8H2,1H3. The van der Waals surface area contributed by atoms with Gasteiger partial charge < -0.3 is 5.32 Å². The zero-order chi connectivity index (χ0) is 12.8. The third-order valence-electron chi connectivity index (χ3n) is 3.64. The van der Waals surface area contributed by atoms with Crippen LogP contribution in [0.15, 0.2) is 40.3 Å². The van der Waals surface area contributed by atoms with Crippen LogP contribution in [0, 0.1) is 6.92 Å². The van der Waals surface area contributed by atoms with E-state index in [2.05, 4.69) is 10.6 Å². The van der Waals surface area contributed by atoms with Gasteiger partial charge in [0.1, 0.15) is 5.37 Å². The van der Waals surface area contributed by atoms with E-state index in [9.17, 15) is 8.42 Å². The van der Waals surface area contributed by atoms with Crippen molar-refractivity contribution in [3.8, 4) is 0 Å². The molecule has 1 unspecified atom stereocenters. The van der Waals surface area contributed by atoms with Crippen LogP contribution < -0.4 is 10.6 Å². The predicted molar refractivity (Wildman–Crippen MR) is 70.1 cm³/mol. The number of benzene rings is 1. The molecule has 0 aromatic heterocycles. The van der Waals surface area contributed by atoms with Crippen molar-refractivity contribution in [2.24, 2.45) is 0 Å².